The van der Waals surface area contributed by atoms with E-state index in [1.54, 1.807) is 6.07 Å². The summed E-state index contributed by atoms with van der Waals surface area (Å²) in [6.45, 7) is 2.73. The number of fused-ring (bicyclic) bond motifs is 2. The zero-order chi connectivity index (χ0) is 21.3. The van der Waals surface area contributed by atoms with Crippen molar-refractivity contribution in [3.63, 3.8) is 0 Å². The van der Waals surface area contributed by atoms with Crippen molar-refractivity contribution in [1.29, 1.82) is 0 Å². The largest absolute Gasteiger partial charge is 0.426 e. The fourth-order valence-electron chi connectivity index (χ4n) is 5.58. The van der Waals surface area contributed by atoms with Gasteiger partial charge in [-0.05, 0) is 75.4 Å². The van der Waals surface area contributed by atoms with Gasteiger partial charge < -0.3 is 14.7 Å². The molecule has 4 nitrogen and oxygen atoms in total. The molecule has 0 saturated heterocycles. The molecule has 0 spiro atoms. The van der Waals surface area contributed by atoms with E-state index in [4.69, 9.17) is 4.74 Å². The smallest absolute Gasteiger partial charge is 0.318 e. The molecule has 1 N–H and O–H groups in total. The van der Waals surface area contributed by atoms with Crippen LogP contribution in [0.25, 0.3) is 0 Å². The van der Waals surface area contributed by atoms with Crippen LogP contribution in [0, 0.1) is 17.8 Å². The van der Waals surface area contributed by atoms with Gasteiger partial charge in [-0.15, -0.1) is 0 Å². The lowest BCUT2D eigenvalue weighted by Gasteiger charge is -2.45. The van der Waals surface area contributed by atoms with Crippen molar-refractivity contribution < 1.29 is 14.6 Å². The minimum Gasteiger partial charge on any atom is -0.426 e. The molecule has 2 aromatic carbocycles. The molecule has 4 heteroatoms. The highest BCUT2D eigenvalue weighted by Crippen LogP contribution is 2.54. The lowest BCUT2D eigenvalue weighted by Crippen LogP contribution is -2.47. The third kappa shape index (κ3) is 4.17. The number of ether oxygens (including phenoxy) is 1. The molecule has 2 fully saturated rings. The number of benzene rings is 2. The first-order valence-corrected chi connectivity index (χ1v) is 11.1. The minimum atomic E-state index is -0.873. The van der Waals surface area contributed by atoms with E-state index in [1.807, 2.05) is 55.5 Å². The lowest BCUT2D eigenvalue weighted by molar-refractivity contribution is -0.135. The summed E-state index contributed by atoms with van der Waals surface area (Å²) in [7, 11) is 4.15. The first kappa shape index (κ1) is 21.1. The van der Waals surface area contributed by atoms with Gasteiger partial charge >= 0.3 is 5.97 Å². The Balaban J connectivity index is 1.57. The van der Waals surface area contributed by atoms with Crippen molar-refractivity contribution >= 4 is 5.97 Å². The van der Waals surface area contributed by atoms with Gasteiger partial charge in [-0.1, -0.05) is 48.9 Å². The predicted octanol–water partition coefficient (Wildman–Crippen LogP) is 4.58. The van der Waals surface area contributed by atoms with Gasteiger partial charge in [0, 0.05) is 12.5 Å². The molecule has 30 heavy (non-hydrogen) atoms. The Morgan fingerprint density at radius 1 is 1.17 bits per heavy atom. The second-order valence-corrected chi connectivity index (χ2v) is 9.52. The molecule has 2 saturated carbocycles. The number of carbonyl (C=O) groups is 1. The molecule has 160 valence electrons. The number of carbonyl (C=O) groups excluding carboxylic acids is 1. The Kier molecular flexibility index (Phi) is 5.99. The first-order chi connectivity index (χ1) is 14.4. The number of esters is 1. The van der Waals surface area contributed by atoms with Crippen molar-refractivity contribution in [2.24, 2.45) is 17.8 Å². The molecule has 0 heterocycles. The van der Waals surface area contributed by atoms with Crippen LogP contribution in [-0.2, 0) is 10.4 Å². The summed E-state index contributed by atoms with van der Waals surface area (Å²) in [6, 6.07) is 17.2. The Morgan fingerprint density at radius 2 is 1.93 bits per heavy atom. The third-order valence-corrected chi connectivity index (χ3v) is 7.13. The molecule has 2 bridgehead atoms. The van der Waals surface area contributed by atoms with Crippen LogP contribution in [0.1, 0.15) is 49.7 Å². The highest BCUT2D eigenvalue weighted by Gasteiger charge is 2.51. The maximum Gasteiger partial charge on any atom is 0.318 e. The van der Waals surface area contributed by atoms with Gasteiger partial charge in [0.05, 0.1) is 11.5 Å². The quantitative estimate of drug-likeness (QED) is 0.562. The van der Waals surface area contributed by atoms with Gasteiger partial charge in [-0.3, -0.25) is 4.79 Å². The normalized spacial score (nSPS) is 29.0. The first-order valence-electron chi connectivity index (χ1n) is 11.1. The lowest BCUT2D eigenvalue weighted by atomic mass is 9.66. The van der Waals surface area contributed by atoms with E-state index >= 15 is 0 Å². The molecular formula is C26H33NO3. The molecule has 0 amide bonds. The summed E-state index contributed by atoms with van der Waals surface area (Å²) < 4.78 is 5.73. The van der Waals surface area contributed by atoms with E-state index in [2.05, 4.69) is 19.0 Å². The minimum absolute atomic E-state index is 0.195. The molecule has 0 aromatic heterocycles. The number of hydrogen-bond donors (Lipinski definition) is 1. The van der Waals surface area contributed by atoms with Crippen molar-refractivity contribution in [3.8, 4) is 5.75 Å². The van der Waals surface area contributed by atoms with E-state index < -0.39 is 5.60 Å². The summed E-state index contributed by atoms with van der Waals surface area (Å²) in [4.78, 5) is 14.9. The van der Waals surface area contributed by atoms with Gasteiger partial charge in [-0.25, -0.2) is 0 Å². The molecular weight excluding hydrogens is 374 g/mol. The maximum atomic E-state index is 12.7. The van der Waals surface area contributed by atoms with E-state index in [9.17, 15) is 9.90 Å². The molecule has 2 aromatic rings. The summed E-state index contributed by atoms with van der Waals surface area (Å²) in [5.41, 5.74) is 0.942. The van der Waals surface area contributed by atoms with Crippen LogP contribution in [-0.4, -0.2) is 36.6 Å². The van der Waals surface area contributed by atoms with Crippen LogP contribution < -0.4 is 4.74 Å². The Bertz CT molecular complexity index is 881. The van der Waals surface area contributed by atoms with Crippen LogP contribution in [0.15, 0.2) is 54.6 Å². The van der Waals surface area contributed by atoms with Crippen molar-refractivity contribution in [2.45, 2.75) is 44.1 Å². The Morgan fingerprint density at radius 3 is 2.67 bits per heavy atom. The van der Waals surface area contributed by atoms with E-state index in [1.165, 1.54) is 19.3 Å². The van der Waals surface area contributed by atoms with Crippen LogP contribution in [0.4, 0.5) is 0 Å². The van der Waals surface area contributed by atoms with Crippen molar-refractivity contribution in [2.75, 3.05) is 20.6 Å². The summed E-state index contributed by atoms with van der Waals surface area (Å²) >= 11 is 0. The standard InChI is InChI=1S/C26H33NO3/c1-18(20-8-5-4-6-9-20)25(28)30-23-11-7-10-22(15-23)26(29)16-19-12-13-21(14-19)24(26)17-27(2)3/h4-11,15,18-19,21,24,29H,12-14,16-17H2,1-3H3/t18?,19-,21+,24+,26-/m1/s1. The van der Waals surface area contributed by atoms with Crippen LogP contribution in [0.2, 0.25) is 0 Å². The zero-order valence-corrected chi connectivity index (χ0v) is 18.3. The Labute approximate surface area is 179 Å². The summed E-state index contributed by atoms with van der Waals surface area (Å²) in [5, 5.41) is 11.9. The Hall–Kier alpha value is -2.17. The number of hydrogen-bond acceptors (Lipinski definition) is 4. The predicted molar refractivity (Wildman–Crippen MR) is 118 cm³/mol. The summed E-state index contributed by atoms with van der Waals surface area (Å²) in [5.74, 6) is 1.22. The third-order valence-electron chi connectivity index (χ3n) is 7.13. The highest BCUT2D eigenvalue weighted by atomic mass is 16.5. The van der Waals surface area contributed by atoms with Gasteiger partial charge in [0.2, 0.25) is 0 Å². The topological polar surface area (TPSA) is 49.8 Å². The van der Waals surface area contributed by atoms with Gasteiger partial charge in [0.1, 0.15) is 5.75 Å². The fourth-order valence-corrected chi connectivity index (χ4v) is 5.58. The molecule has 2 aliphatic carbocycles. The average Bonchev–Trinajstić information content (AvgIpc) is 3.14. The second-order valence-electron chi connectivity index (χ2n) is 9.52. The van der Waals surface area contributed by atoms with E-state index in [0.29, 0.717) is 17.6 Å². The molecule has 5 atom stereocenters. The molecule has 0 radical (unpaired) electrons. The van der Waals surface area contributed by atoms with Crippen LogP contribution >= 0.6 is 0 Å². The van der Waals surface area contributed by atoms with Gasteiger partial charge in [0.15, 0.2) is 0 Å². The van der Waals surface area contributed by atoms with Crippen LogP contribution in [0.5, 0.6) is 5.75 Å². The van der Waals surface area contributed by atoms with Gasteiger partial charge in [-0.2, -0.15) is 0 Å². The van der Waals surface area contributed by atoms with Crippen molar-refractivity contribution in [1.82, 2.24) is 4.90 Å². The zero-order valence-electron chi connectivity index (χ0n) is 18.3. The van der Waals surface area contributed by atoms with E-state index in [0.717, 1.165) is 24.1 Å². The van der Waals surface area contributed by atoms with Gasteiger partial charge in [0.25, 0.3) is 0 Å². The van der Waals surface area contributed by atoms with Crippen LogP contribution in [0.3, 0.4) is 0 Å². The number of nitrogens with zero attached hydrogens (tertiary/aromatic N) is 1. The number of aliphatic hydroxyl groups is 1. The molecule has 0 aliphatic heterocycles. The fraction of sp³-hybridized carbons (Fsp3) is 0.500. The molecule has 4 rings (SSSR count). The molecule has 1 unspecified atom stereocenters. The second kappa shape index (κ2) is 8.52. The SMILES string of the molecule is CC(C(=O)Oc1cccc([C@]2(O)C[C@@H]3CC[C@@H](C3)[C@@H]2CN(C)C)c1)c1ccccc1. The van der Waals surface area contributed by atoms with E-state index in [-0.39, 0.29) is 17.8 Å². The maximum absolute atomic E-state index is 12.7. The highest BCUT2D eigenvalue weighted by molar-refractivity contribution is 5.79. The monoisotopic (exact) mass is 407 g/mol. The number of rotatable bonds is 6. The molecule has 2 aliphatic rings. The summed E-state index contributed by atoms with van der Waals surface area (Å²) in [6.07, 6.45) is 4.43. The van der Waals surface area contributed by atoms with Crippen molar-refractivity contribution in [3.05, 3.63) is 65.7 Å². The average molecular weight is 408 g/mol.